The average Bonchev–Trinajstić information content (AvgIpc) is 2.58. The van der Waals surface area contributed by atoms with Gasteiger partial charge in [0, 0.05) is 12.2 Å². The Kier molecular flexibility index (Phi) is 6.38. The van der Waals surface area contributed by atoms with Crippen LogP contribution in [-0.2, 0) is 6.42 Å². The molecule has 4 nitrogen and oxygen atoms in total. The minimum atomic E-state index is -4.49. The molecule has 2 rings (SSSR count). The van der Waals surface area contributed by atoms with Crippen LogP contribution in [0.1, 0.15) is 29.3 Å². The molecule has 0 fully saturated rings. The summed E-state index contributed by atoms with van der Waals surface area (Å²) in [5, 5.41) is 2.76. The van der Waals surface area contributed by atoms with Gasteiger partial charge in [0.2, 0.25) is 5.88 Å². The van der Waals surface area contributed by atoms with E-state index in [2.05, 4.69) is 15.0 Å². The van der Waals surface area contributed by atoms with Gasteiger partial charge < -0.3 is 10.1 Å². The van der Waals surface area contributed by atoms with Crippen molar-refractivity contribution in [2.75, 3.05) is 6.61 Å². The summed E-state index contributed by atoms with van der Waals surface area (Å²) >= 11 is 0. The molecule has 25 heavy (non-hydrogen) atoms. The number of halogens is 3. The van der Waals surface area contributed by atoms with Crippen molar-refractivity contribution in [2.24, 2.45) is 0 Å². The van der Waals surface area contributed by atoms with Crippen molar-refractivity contribution in [1.82, 2.24) is 10.3 Å². The first kappa shape index (κ1) is 18.8. The minimum Gasteiger partial charge on any atom is -0.467 e. The van der Waals surface area contributed by atoms with Gasteiger partial charge in [-0.15, -0.1) is 0 Å². The lowest BCUT2D eigenvalue weighted by atomic mass is 10.1. The first-order chi connectivity index (χ1) is 11.8. The fraction of sp³-hybridized carbons (Fsp3) is 0.333. The zero-order chi connectivity index (χ0) is 18.3. The summed E-state index contributed by atoms with van der Waals surface area (Å²) in [5.74, 6) is -0.835. The summed E-state index contributed by atoms with van der Waals surface area (Å²) in [5.41, 5.74) is 1.14. The van der Waals surface area contributed by atoms with Gasteiger partial charge in [-0.2, -0.15) is 13.2 Å². The Hall–Kier alpha value is -2.57. The summed E-state index contributed by atoms with van der Waals surface area (Å²) < 4.78 is 41.5. The SMILES string of the molecule is CC(CCc1ccccc1)NC(=O)c1cccnc1OCC(F)(F)F. The number of nitrogens with zero attached hydrogens (tertiary/aromatic N) is 1. The molecule has 0 aliphatic rings. The number of carbonyl (C=O) groups is 1. The molecular formula is C18H19F3N2O2. The maximum absolute atomic E-state index is 12.3. The van der Waals surface area contributed by atoms with Crippen molar-refractivity contribution in [2.45, 2.75) is 32.0 Å². The Morgan fingerprint density at radius 1 is 1.20 bits per heavy atom. The summed E-state index contributed by atoms with van der Waals surface area (Å²) in [6.45, 7) is 0.349. The molecule has 1 amide bonds. The van der Waals surface area contributed by atoms with E-state index in [0.717, 1.165) is 12.0 Å². The molecule has 1 atom stereocenters. The number of hydrogen-bond acceptors (Lipinski definition) is 3. The fourth-order valence-electron chi connectivity index (χ4n) is 2.23. The molecule has 0 bridgehead atoms. The summed E-state index contributed by atoms with van der Waals surface area (Å²) in [4.78, 5) is 16.0. The molecule has 1 heterocycles. The van der Waals surface area contributed by atoms with Gasteiger partial charge in [-0.1, -0.05) is 30.3 Å². The van der Waals surface area contributed by atoms with Crippen LogP contribution in [0, 0.1) is 0 Å². The van der Waals surface area contributed by atoms with Crippen LogP contribution in [0.4, 0.5) is 13.2 Å². The second kappa shape index (κ2) is 8.50. The number of rotatable bonds is 7. The Labute approximate surface area is 144 Å². The third kappa shape index (κ3) is 6.45. The van der Waals surface area contributed by atoms with Crippen molar-refractivity contribution >= 4 is 5.91 Å². The molecule has 1 aromatic heterocycles. The summed E-state index contributed by atoms with van der Waals surface area (Å²) in [6, 6.07) is 12.5. The fourth-order valence-corrected chi connectivity index (χ4v) is 2.23. The number of carbonyl (C=O) groups excluding carboxylic acids is 1. The molecule has 0 aliphatic carbocycles. The molecule has 0 radical (unpaired) electrons. The number of aromatic nitrogens is 1. The normalized spacial score (nSPS) is 12.5. The van der Waals surface area contributed by atoms with Crippen molar-refractivity contribution in [3.05, 3.63) is 59.8 Å². The van der Waals surface area contributed by atoms with Crippen molar-refractivity contribution in [3.8, 4) is 5.88 Å². The lowest BCUT2D eigenvalue weighted by Crippen LogP contribution is -2.33. The number of ether oxygens (including phenoxy) is 1. The standard InChI is InChI=1S/C18H19F3N2O2/c1-13(9-10-14-6-3-2-4-7-14)23-16(24)15-8-5-11-22-17(15)25-12-18(19,20)21/h2-8,11,13H,9-10,12H2,1H3,(H,23,24). The van der Waals surface area contributed by atoms with E-state index in [0.29, 0.717) is 6.42 Å². The van der Waals surface area contributed by atoms with E-state index in [1.165, 1.54) is 18.3 Å². The van der Waals surface area contributed by atoms with Crippen LogP contribution in [-0.4, -0.2) is 29.7 Å². The summed E-state index contributed by atoms with van der Waals surface area (Å²) in [6.07, 6.45) is -1.73. The molecule has 2 aromatic rings. The minimum absolute atomic E-state index is 0.0155. The van der Waals surface area contributed by atoms with Gasteiger partial charge in [0.15, 0.2) is 6.61 Å². The maximum atomic E-state index is 12.3. The Morgan fingerprint density at radius 3 is 2.60 bits per heavy atom. The van der Waals surface area contributed by atoms with E-state index >= 15 is 0 Å². The highest BCUT2D eigenvalue weighted by Gasteiger charge is 2.29. The van der Waals surface area contributed by atoms with Gasteiger partial charge in [-0.25, -0.2) is 4.98 Å². The van der Waals surface area contributed by atoms with Crippen molar-refractivity contribution < 1.29 is 22.7 Å². The smallest absolute Gasteiger partial charge is 0.422 e. The molecular weight excluding hydrogens is 333 g/mol. The predicted molar refractivity (Wildman–Crippen MR) is 87.5 cm³/mol. The van der Waals surface area contributed by atoms with Crippen molar-refractivity contribution in [3.63, 3.8) is 0 Å². The van der Waals surface area contributed by atoms with Crippen LogP contribution in [0.15, 0.2) is 48.7 Å². The Bertz CT molecular complexity index is 690. The van der Waals surface area contributed by atoms with Gasteiger partial charge in [0.05, 0.1) is 0 Å². The van der Waals surface area contributed by atoms with E-state index in [4.69, 9.17) is 0 Å². The van der Waals surface area contributed by atoms with E-state index < -0.39 is 18.7 Å². The molecule has 7 heteroatoms. The molecule has 0 saturated carbocycles. The lowest BCUT2D eigenvalue weighted by Gasteiger charge is -2.16. The quantitative estimate of drug-likeness (QED) is 0.825. The topological polar surface area (TPSA) is 51.2 Å². The second-order valence-corrected chi connectivity index (χ2v) is 5.66. The third-order valence-electron chi connectivity index (χ3n) is 3.47. The van der Waals surface area contributed by atoms with Crippen LogP contribution in [0.25, 0.3) is 0 Å². The number of aryl methyl sites for hydroxylation is 1. The van der Waals surface area contributed by atoms with Gasteiger partial charge in [-0.05, 0) is 37.5 Å². The van der Waals surface area contributed by atoms with Crippen LogP contribution >= 0.6 is 0 Å². The molecule has 0 aliphatic heterocycles. The first-order valence-electron chi connectivity index (χ1n) is 7.84. The van der Waals surface area contributed by atoms with Crippen LogP contribution in [0.3, 0.4) is 0 Å². The maximum Gasteiger partial charge on any atom is 0.422 e. The summed E-state index contributed by atoms with van der Waals surface area (Å²) in [7, 11) is 0. The van der Waals surface area contributed by atoms with E-state index in [1.807, 2.05) is 37.3 Å². The molecule has 0 spiro atoms. The highest BCUT2D eigenvalue weighted by molar-refractivity contribution is 5.96. The molecule has 1 aromatic carbocycles. The van der Waals surface area contributed by atoms with Crippen LogP contribution in [0.5, 0.6) is 5.88 Å². The van der Waals surface area contributed by atoms with E-state index in [-0.39, 0.29) is 17.5 Å². The highest BCUT2D eigenvalue weighted by atomic mass is 19.4. The number of hydrogen-bond donors (Lipinski definition) is 1. The Morgan fingerprint density at radius 2 is 1.92 bits per heavy atom. The number of alkyl halides is 3. The number of pyridine rings is 1. The third-order valence-corrected chi connectivity index (χ3v) is 3.47. The zero-order valence-corrected chi connectivity index (χ0v) is 13.7. The average molecular weight is 352 g/mol. The van der Waals surface area contributed by atoms with Gasteiger partial charge in [0.25, 0.3) is 5.91 Å². The molecule has 1 N–H and O–H groups in total. The van der Waals surface area contributed by atoms with Gasteiger partial charge in [-0.3, -0.25) is 4.79 Å². The van der Waals surface area contributed by atoms with Crippen molar-refractivity contribution in [1.29, 1.82) is 0 Å². The number of nitrogens with one attached hydrogen (secondary N) is 1. The largest absolute Gasteiger partial charge is 0.467 e. The molecule has 1 unspecified atom stereocenters. The van der Waals surface area contributed by atoms with Crippen LogP contribution in [0.2, 0.25) is 0 Å². The molecule has 134 valence electrons. The predicted octanol–water partition coefficient (Wildman–Crippen LogP) is 3.77. The monoisotopic (exact) mass is 352 g/mol. The van der Waals surface area contributed by atoms with Gasteiger partial charge >= 0.3 is 6.18 Å². The highest BCUT2D eigenvalue weighted by Crippen LogP contribution is 2.20. The zero-order valence-electron chi connectivity index (χ0n) is 13.7. The van der Waals surface area contributed by atoms with E-state index in [9.17, 15) is 18.0 Å². The number of amides is 1. The molecule has 0 saturated heterocycles. The lowest BCUT2D eigenvalue weighted by molar-refractivity contribution is -0.154. The van der Waals surface area contributed by atoms with Crippen LogP contribution < -0.4 is 10.1 Å². The second-order valence-electron chi connectivity index (χ2n) is 5.66. The van der Waals surface area contributed by atoms with Gasteiger partial charge in [0.1, 0.15) is 5.56 Å². The van der Waals surface area contributed by atoms with E-state index in [1.54, 1.807) is 0 Å². The number of benzene rings is 1. The Balaban J connectivity index is 1.93. The first-order valence-corrected chi connectivity index (χ1v) is 7.84.